The van der Waals surface area contributed by atoms with Crippen LogP contribution in [-0.2, 0) is 4.79 Å². The summed E-state index contributed by atoms with van der Waals surface area (Å²) in [7, 11) is 1.59. The average Bonchev–Trinajstić information content (AvgIpc) is 2.43. The minimum absolute atomic E-state index is 0.0235. The highest BCUT2D eigenvalue weighted by atomic mass is 32.1. The second-order valence-corrected chi connectivity index (χ2v) is 4.39. The van der Waals surface area contributed by atoms with E-state index in [1.54, 1.807) is 25.3 Å². The Morgan fingerprint density at radius 2 is 1.90 bits per heavy atom. The van der Waals surface area contributed by atoms with Crippen LogP contribution in [0.4, 0.5) is 0 Å². The molecule has 0 fully saturated rings. The fourth-order valence-corrected chi connectivity index (χ4v) is 1.39. The van der Waals surface area contributed by atoms with Crippen LogP contribution in [-0.4, -0.2) is 23.2 Å². The Morgan fingerprint density at radius 1 is 1.25 bits per heavy atom. The van der Waals surface area contributed by atoms with Crippen molar-refractivity contribution in [2.24, 2.45) is 5.73 Å². The number of carbonyl (C=O) groups excluding carboxylic acids is 1. The first-order chi connectivity index (χ1) is 9.51. The summed E-state index contributed by atoms with van der Waals surface area (Å²) in [6.07, 6.45) is 3.01. The van der Waals surface area contributed by atoms with Crippen molar-refractivity contribution >= 4 is 46.6 Å². The van der Waals surface area contributed by atoms with Crippen LogP contribution in [0.1, 0.15) is 5.56 Å². The number of hydrazine groups is 1. The average molecular weight is 310 g/mol. The first-order valence-corrected chi connectivity index (χ1v) is 6.31. The molecule has 1 aromatic carbocycles. The molecule has 1 aromatic rings. The lowest BCUT2D eigenvalue weighted by atomic mass is 10.2. The Kier molecular flexibility index (Phi) is 6.41. The number of nitrogens with two attached hydrogens (primary N) is 1. The molecule has 1 rings (SSSR count). The maximum atomic E-state index is 11.6. The van der Waals surface area contributed by atoms with Crippen molar-refractivity contribution in [1.82, 2.24) is 16.2 Å². The van der Waals surface area contributed by atoms with Gasteiger partial charge in [0.2, 0.25) is 5.91 Å². The number of thiocarbonyl (C=S) groups is 2. The molecule has 0 saturated heterocycles. The van der Waals surface area contributed by atoms with Gasteiger partial charge in [0.1, 0.15) is 5.75 Å². The standard InChI is InChI=1S/C12H14N4O2S2/c1-18-9-5-2-8(3-6-9)4-7-10(17)14-12(20)16-15-11(13)19/h2-7H,1H3,(H3,13,15,19)(H2,14,16,17,20)/b7-4+. The molecular weight excluding hydrogens is 296 g/mol. The van der Waals surface area contributed by atoms with Gasteiger partial charge in [-0.15, -0.1) is 0 Å². The van der Waals surface area contributed by atoms with E-state index in [1.807, 2.05) is 12.1 Å². The number of hydrogen-bond donors (Lipinski definition) is 4. The quantitative estimate of drug-likeness (QED) is 0.366. The molecule has 0 aliphatic heterocycles. The van der Waals surface area contributed by atoms with E-state index in [2.05, 4.69) is 28.4 Å². The maximum Gasteiger partial charge on any atom is 0.250 e. The molecule has 0 radical (unpaired) electrons. The number of nitrogens with one attached hydrogen (secondary N) is 3. The normalized spacial score (nSPS) is 9.85. The minimum Gasteiger partial charge on any atom is -0.497 e. The highest BCUT2D eigenvalue weighted by Gasteiger charge is 2.00. The highest BCUT2D eigenvalue weighted by molar-refractivity contribution is 7.80. The third kappa shape index (κ3) is 6.12. The van der Waals surface area contributed by atoms with E-state index in [-0.39, 0.29) is 16.1 Å². The van der Waals surface area contributed by atoms with Crippen LogP contribution in [0.2, 0.25) is 0 Å². The zero-order valence-corrected chi connectivity index (χ0v) is 12.3. The van der Waals surface area contributed by atoms with Gasteiger partial charge in [0.05, 0.1) is 7.11 Å². The summed E-state index contributed by atoms with van der Waals surface area (Å²) in [5.74, 6) is 0.379. The molecular formula is C12H14N4O2S2. The van der Waals surface area contributed by atoms with Crippen LogP contribution in [0, 0.1) is 0 Å². The smallest absolute Gasteiger partial charge is 0.250 e. The van der Waals surface area contributed by atoms with E-state index in [0.29, 0.717) is 0 Å². The number of ether oxygens (including phenoxy) is 1. The topological polar surface area (TPSA) is 88.4 Å². The summed E-state index contributed by atoms with van der Waals surface area (Å²) < 4.78 is 5.04. The molecule has 0 unspecified atom stereocenters. The van der Waals surface area contributed by atoms with Gasteiger partial charge in [-0.25, -0.2) is 0 Å². The summed E-state index contributed by atoms with van der Waals surface area (Å²) in [5, 5.41) is 2.52. The van der Waals surface area contributed by atoms with Crippen LogP contribution >= 0.6 is 24.4 Å². The second kappa shape index (κ2) is 8.08. The van der Waals surface area contributed by atoms with Gasteiger partial charge in [0.25, 0.3) is 0 Å². The van der Waals surface area contributed by atoms with Gasteiger partial charge in [0.15, 0.2) is 10.2 Å². The SMILES string of the molecule is COc1ccc(/C=C/C(=O)NC(=S)NNC(N)=S)cc1. The van der Waals surface area contributed by atoms with E-state index in [0.717, 1.165) is 11.3 Å². The van der Waals surface area contributed by atoms with E-state index >= 15 is 0 Å². The van der Waals surface area contributed by atoms with E-state index in [4.69, 9.17) is 22.7 Å². The lowest BCUT2D eigenvalue weighted by molar-refractivity contribution is -0.115. The first-order valence-electron chi connectivity index (χ1n) is 5.50. The predicted octanol–water partition coefficient (Wildman–Crippen LogP) is 0.447. The summed E-state index contributed by atoms with van der Waals surface area (Å²) in [6, 6.07) is 7.26. The third-order valence-corrected chi connectivity index (χ3v) is 2.39. The van der Waals surface area contributed by atoms with Crippen LogP contribution in [0.3, 0.4) is 0 Å². The number of carbonyl (C=O) groups is 1. The summed E-state index contributed by atoms with van der Waals surface area (Å²) in [4.78, 5) is 11.6. The molecule has 0 atom stereocenters. The van der Waals surface area contributed by atoms with Crippen molar-refractivity contribution < 1.29 is 9.53 Å². The Balaban J connectivity index is 2.46. The fourth-order valence-electron chi connectivity index (χ4n) is 1.19. The number of hydrogen-bond acceptors (Lipinski definition) is 4. The zero-order valence-electron chi connectivity index (χ0n) is 10.7. The van der Waals surface area contributed by atoms with Crippen LogP contribution < -0.4 is 26.6 Å². The highest BCUT2D eigenvalue weighted by Crippen LogP contribution is 2.11. The van der Waals surface area contributed by atoms with Crippen molar-refractivity contribution in [3.63, 3.8) is 0 Å². The van der Waals surface area contributed by atoms with Crippen LogP contribution in [0.15, 0.2) is 30.3 Å². The van der Waals surface area contributed by atoms with Crippen molar-refractivity contribution in [2.75, 3.05) is 7.11 Å². The predicted molar refractivity (Wildman–Crippen MR) is 85.8 cm³/mol. The maximum absolute atomic E-state index is 11.6. The number of benzene rings is 1. The van der Waals surface area contributed by atoms with Gasteiger partial charge >= 0.3 is 0 Å². The molecule has 20 heavy (non-hydrogen) atoms. The monoisotopic (exact) mass is 310 g/mol. The molecule has 0 aliphatic rings. The van der Waals surface area contributed by atoms with Crippen molar-refractivity contribution in [1.29, 1.82) is 0 Å². The van der Waals surface area contributed by atoms with Gasteiger partial charge in [-0.1, -0.05) is 12.1 Å². The Bertz CT molecular complexity index is 529. The van der Waals surface area contributed by atoms with Gasteiger partial charge in [-0.05, 0) is 48.2 Å². The molecule has 1 amide bonds. The third-order valence-electron chi connectivity index (χ3n) is 2.08. The molecule has 0 aromatic heterocycles. The minimum atomic E-state index is -0.372. The number of methoxy groups -OCH3 is 1. The van der Waals surface area contributed by atoms with E-state index in [1.165, 1.54) is 6.08 Å². The molecule has 0 heterocycles. The molecule has 8 heteroatoms. The Hall–Kier alpha value is -2.19. The largest absolute Gasteiger partial charge is 0.497 e. The first kappa shape index (κ1) is 15.9. The molecule has 0 aliphatic carbocycles. The summed E-state index contributed by atoms with van der Waals surface area (Å²) in [6.45, 7) is 0. The lowest BCUT2D eigenvalue weighted by Crippen LogP contribution is -2.49. The number of rotatable bonds is 3. The van der Waals surface area contributed by atoms with Crippen molar-refractivity contribution in [3.05, 3.63) is 35.9 Å². The fraction of sp³-hybridized carbons (Fsp3) is 0.0833. The van der Waals surface area contributed by atoms with Gasteiger partial charge < -0.3 is 10.5 Å². The zero-order chi connectivity index (χ0) is 15.0. The van der Waals surface area contributed by atoms with Crippen LogP contribution in [0.5, 0.6) is 5.75 Å². The second-order valence-electron chi connectivity index (χ2n) is 3.54. The van der Waals surface area contributed by atoms with Gasteiger partial charge in [0, 0.05) is 6.08 Å². The van der Waals surface area contributed by atoms with Gasteiger partial charge in [-0.3, -0.25) is 21.0 Å². The molecule has 5 N–H and O–H groups in total. The molecule has 0 bridgehead atoms. The Morgan fingerprint density at radius 3 is 2.45 bits per heavy atom. The molecule has 6 nitrogen and oxygen atoms in total. The van der Waals surface area contributed by atoms with Gasteiger partial charge in [-0.2, -0.15) is 0 Å². The van der Waals surface area contributed by atoms with E-state index < -0.39 is 0 Å². The number of amides is 1. The Labute approximate surface area is 127 Å². The molecule has 106 valence electrons. The van der Waals surface area contributed by atoms with Crippen molar-refractivity contribution in [2.45, 2.75) is 0 Å². The lowest BCUT2D eigenvalue weighted by Gasteiger charge is -2.08. The van der Waals surface area contributed by atoms with Crippen LogP contribution in [0.25, 0.3) is 6.08 Å². The van der Waals surface area contributed by atoms with E-state index in [9.17, 15) is 4.79 Å². The van der Waals surface area contributed by atoms with Crippen molar-refractivity contribution in [3.8, 4) is 5.75 Å². The summed E-state index contributed by atoms with van der Waals surface area (Å²) >= 11 is 9.41. The molecule has 0 spiro atoms. The molecule has 0 saturated carbocycles. The summed E-state index contributed by atoms with van der Waals surface area (Å²) in [5.41, 5.74) is 10.9.